The van der Waals surface area contributed by atoms with Gasteiger partial charge >= 0.3 is 0 Å². The molecule has 0 saturated carbocycles. The van der Waals surface area contributed by atoms with Crippen LogP contribution in [0.3, 0.4) is 0 Å². The van der Waals surface area contributed by atoms with E-state index < -0.39 is 0 Å². The smallest absolute Gasteiger partial charge is 0.244 e. The maximum Gasteiger partial charge on any atom is 0.244 e. The van der Waals surface area contributed by atoms with Crippen molar-refractivity contribution in [1.82, 2.24) is 9.69 Å². The molecule has 0 atom stereocenters. The van der Waals surface area contributed by atoms with Gasteiger partial charge in [0, 0.05) is 12.1 Å². The zero-order chi connectivity index (χ0) is 10.8. The predicted molar refractivity (Wildman–Crippen MR) is 60.3 cm³/mol. The largest absolute Gasteiger partial charge is 0.479 e. The van der Waals surface area contributed by atoms with Gasteiger partial charge in [0.1, 0.15) is 5.02 Å². The van der Waals surface area contributed by atoms with E-state index in [1.165, 1.54) is 11.5 Å². The van der Waals surface area contributed by atoms with Crippen LogP contribution >= 0.6 is 23.1 Å². The molecule has 0 aromatic carbocycles. The van der Waals surface area contributed by atoms with E-state index in [0.29, 0.717) is 10.9 Å². The number of hydrogen-bond donors (Lipinski definition) is 1. The average molecular weight is 235 g/mol. The van der Waals surface area contributed by atoms with Crippen molar-refractivity contribution in [2.24, 2.45) is 0 Å². The van der Waals surface area contributed by atoms with E-state index in [9.17, 15) is 0 Å². The van der Waals surface area contributed by atoms with Gasteiger partial charge in [0.15, 0.2) is 0 Å². The Morgan fingerprint density at radius 1 is 1.50 bits per heavy atom. The fourth-order valence-electron chi connectivity index (χ4n) is 0.878. The van der Waals surface area contributed by atoms with Crippen LogP contribution in [-0.2, 0) is 6.54 Å². The molecule has 14 heavy (non-hydrogen) atoms. The number of nitrogens with one attached hydrogen (secondary N) is 1. The maximum atomic E-state index is 6.04. The molecule has 0 fully saturated rings. The lowest BCUT2D eigenvalue weighted by Crippen LogP contribution is -2.34. The Morgan fingerprint density at radius 2 is 2.14 bits per heavy atom. The molecule has 1 heterocycles. The molecule has 0 unspecified atom stereocenters. The minimum Gasteiger partial charge on any atom is -0.479 e. The minimum atomic E-state index is 0.0839. The number of aromatic nitrogens is 1. The van der Waals surface area contributed by atoms with E-state index in [0.717, 1.165) is 11.4 Å². The number of hydrogen-bond acceptors (Lipinski definition) is 4. The molecular weight excluding hydrogens is 220 g/mol. The van der Waals surface area contributed by atoms with Crippen LogP contribution < -0.4 is 10.1 Å². The van der Waals surface area contributed by atoms with Crippen molar-refractivity contribution in [2.75, 3.05) is 7.11 Å². The Hall–Kier alpha value is -0.320. The second-order valence-electron chi connectivity index (χ2n) is 4.03. The first kappa shape index (κ1) is 11.8. The van der Waals surface area contributed by atoms with Crippen LogP contribution in [-0.4, -0.2) is 17.0 Å². The number of ether oxygens (including phenoxy) is 1. The minimum absolute atomic E-state index is 0.0839. The quantitative estimate of drug-likeness (QED) is 0.873. The van der Waals surface area contributed by atoms with Gasteiger partial charge in [-0.05, 0) is 32.3 Å². The molecule has 0 bridgehead atoms. The summed E-state index contributed by atoms with van der Waals surface area (Å²) in [6.07, 6.45) is 0. The Kier molecular flexibility index (Phi) is 3.75. The summed E-state index contributed by atoms with van der Waals surface area (Å²) in [5, 5.41) is 3.97. The maximum absolute atomic E-state index is 6.04. The molecule has 0 saturated heterocycles. The number of methoxy groups -OCH3 is 1. The SMILES string of the molecule is COc1nsc(CNC(C)(C)C)c1Cl. The summed E-state index contributed by atoms with van der Waals surface area (Å²) < 4.78 is 9.08. The molecule has 5 heteroatoms. The van der Waals surface area contributed by atoms with Gasteiger partial charge in [-0.15, -0.1) is 0 Å². The van der Waals surface area contributed by atoms with E-state index in [1.807, 2.05) is 0 Å². The molecule has 0 amide bonds. The van der Waals surface area contributed by atoms with Crippen molar-refractivity contribution in [3.63, 3.8) is 0 Å². The standard InChI is InChI=1S/C9H15ClN2OS/c1-9(2,3)11-5-6-7(10)8(13-4)12-14-6/h11H,5H2,1-4H3. The molecule has 0 radical (unpaired) electrons. The number of rotatable bonds is 3. The molecule has 3 nitrogen and oxygen atoms in total. The summed E-state index contributed by atoms with van der Waals surface area (Å²) in [4.78, 5) is 1.01. The topological polar surface area (TPSA) is 34.1 Å². The van der Waals surface area contributed by atoms with Crippen molar-refractivity contribution in [2.45, 2.75) is 32.9 Å². The van der Waals surface area contributed by atoms with Crippen LogP contribution in [0.15, 0.2) is 0 Å². The lowest BCUT2D eigenvalue weighted by molar-refractivity contribution is 0.401. The number of halogens is 1. The molecule has 1 aromatic heterocycles. The van der Waals surface area contributed by atoms with Gasteiger partial charge in [-0.2, -0.15) is 4.37 Å². The highest BCUT2D eigenvalue weighted by atomic mass is 35.5. The first-order chi connectivity index (χ1) is 6.44. The lowest BCUT2D eigenvalue weighted by atomic mass is 10.1. The van der Waals surface area contributed by atoms with E-state index in [1.54, 1.807) is 7.11 Å². The Labute approximate surface area is 93.6 Å². The van der Waals surface area contributed by atoms with E-state index in [-0.39, 0.29) is 5.54 Å². The van der Waals surface area contributed by atoms with E-state index in [2.05, 4.69) is 30.5 Å². The first-order valence-electron chi connectivity index (χ1n) is 4.37. The lowest BCUT2D eigenvalue weighted by Gasteiger charge is -2.19. The molecule has 0 aliphatic heterocycles. The second kappa shape index (κ2) is 4.47. The van der Waals surface area contributed by atoms with Crippen molar-refractivity contribution in [3.8, 4) is 5.88 Å². The molecule has 80 valence electrons. The van der Waals surface area contributed by atoms with Gasteiger partial charge in [-0.25, -0.2) is 0 Å². The highest BCUT2D eigenvalue weighted by molar-refractivity contribution is 7.06. The van der Waals surface area contributed by atoms with Gasteiger partial charge in [0.25, 0.3) is 0 Å². The zero-order valence-corrected chi connectivity index (χ0v) is 10.4. The van der Waals surface area contributed by atoms with Crippen LogP contribution in [0.25, 0.3) is 0 Å². The van der Waals surface area contributed by atoms with E-state index >= 15 is 0 Å². The van der Waals surface area contributed by atoms with Gasteiger partial charge in [-0.1, -0.05) is 11.6 Å². The van der Waals surface area contributed by atoms with Crippen LogP contribution in [0, 0.1) is 0 Å². The summed E-state index contributed by atoms with van der Waals surface area (Å²) in [5.41, 5.74) is 0.0839. The van der Waals surface area contributed by atoms with Crippen LogP contribution in [0.2, 0.25) is 5.02 Å². The molecule has 0 aliphatic carbocycles. The molecular formula is C9H15ClN2OS. The highest BCUT2D eigenvalue weighted by Gasteiger charge is 2.14. The Bertz CT molecular complexity index is 306. The number of nitrogens with zero attached hydrogens (tertiary/aromatic N) is 1. The fraction of sp³-hybridized carbons (Fsp3) is 0.667. The molecule has 1 aromatic rings. The van der Waals surface area contributed by atoms with Gasteiger partial charge in [0.05, 0.1) is 12.0 Å². The predicted octanol–water partition coefficient (Wildman–Crippen LogP) is 2.69. The molecule has 0 spiro atoms. The second-order valence-corrected chi connectivity index (χ2v) is 5.27. The van der Waals surface area contributed by atoms with Crippen molar-refractivity contribution >= 4 is 23.1 Å². The summed E-state index contributed by atoms with van der Waals surface area (Å²) >= 11 is 7.41. The van der Waals surface area contributed by atoms with Crippen LogP contribution in [0.4, 0.5) is 0 Å². The van der Waals surface area contributed by atoms with Crippen LogP contribution in [0.5, 0.6) is 5.88 Å². The monoisotopic (exact) mass is 234 g/mol. The molecule has 1 rings (SSSR count). The van der Waals surface area contributed by atoms with Crippen LogP contribution in [0.1, 0.15) is 25.6 Å². The highest BCUT2D eigenvalue weighted by Crippen LogP contribution is 2.30. The fourth-order valence-corrected chi connectivity index (χ4v) is 1.88. The average Bonchev–Trinajstić information content (AvgIpc) is 2.42. The van der Waals surface area contributed by atoms with Crippen molar-refractivity contribution in [1.29, 1.82) is 0 Å². The third kappa shape index (κ3) is 3.12. The third-order valence-corrected chi connectivity index (χ3v) is 2.97. The van der Waals surface area contributed by atoms with E-state index in [4.69, 9.17) is 16.3 Å². The summed E-state index contributed by atoms with van der Waals surface area (Å²) in [7, 11) is 1.57. The van der Waals surface area contributed by atoms with Gasteiger partial charge in [-0.3, -0.25) is 0 Å². The molecule has 1 N–H and O–H groups in total. The zero-order valence-electron chi connectivity index (χ0n) is 8.85. The van der Waals surface area contributed by atoms with Gasteiger partial charge in [0.2, 0.25) is 5.88 Å². The Morgan fingerprint density at radius 3 is 2.57 bits per heavy atom. The normalized spacial score (nSPS) is 11.8. The third-order valence-electron chi connectivity index (χ3n) is 1.64. The summed E-state index contributed by atoms with van der Waals surface area (Å²) in [6.45, 7) is 7.06. The Balaban J connectivity index is 2.64. The first-order valence-corrected chi connectivity index (χ1v) is 5.52. The summed E-state index contributed by atoms with van der Waals surface area (Å²) in [6, 6.07) is 0. The molecule has 0 aliphatic rings. The summed E-state index contributed by atoms with van der Waals surface area (Å²) in [5.74, 6) is 0.516. The van der Waals surface area contributed by atoms with Gasteiger partial charge < -0.3 is 10.1 Å². The van der Waals surface area contributed by atoms with Crippen molar-refractivity contribution in [3.05, 3.63) is 9.90 Å². The van der Waals surface area contributed by atoms with Crippen molar-refractivity contribution < 1.29 is 4.74 Å².